The summed E-state index contributed by atoms with van der Waals surface area (Å²) in [5, 5.41) is 5.09. The highest BCUT2D eigenvalue weighted by atomic mass is 16.6. The molecule has 0 fully saturated rings. The molecule has 5 nitrogen and oxygen atoms in total. The molecule has 112 valence electrons. The van der Waals surface area contributed by atoms with Crippen LogP contribution in [0.1, 0.15) is 32.0 Å². The molecule has 5 heteroatoms. The predicted molar refractivity (Wildman–Crippen MR) is 84.6 cm³/mol. The van der Waals surface area contributed by atoms with Crippen LogP contribution in [0.2, 0.25) is 0 Å². The van der Waals surface area contributed by atoms with Gasteiger partial charge < -0.3 is 9.30 Å². The Bertz CT molecular complexity index is 693. The number of rotatable bonds is 2. The van der Waals surface area contributed by atoms with Crippen molar-refractivity contribution in [1.82, 2.24) is 9.99 Å². The molecule has 1 N–H and O–H groups in total. The summed E-state index contributed by atoms with van der Waals surface area (Å²) >= 11 is 0. The molecule has 1 aromatic carbocycles. The molecule has 0 saturated heterocycles. The smallest absolute Gasteiger partial charge is 0.428 e. The first-order chi connectivity index (χ1) is 9.79. The fourth-order valence-corrected chi connectivity index (χ4v) is 2.16. The van der Waals surface area contributed by atoms with Gasteiger partial charge in [-0.25, -0.2) is 10.2 Å². The molecule has 1 amide bonds. The second-order valence-electron chi connectivity index (χ2n) is 5.95. The minimum Gasteiger partial charge on any atom is -0.443 e. The van der Waals surface area contributed by atoms with E-state index in [0.717, 1.165) is 22.2 Å². The molecule has 2 aromatic rings. The third-order valence-corrected chi connectivity index (χ3v) is 3.20. The quantitative estimate of drug-likeness (QED) is 0.680. The number of aryl methyl sites for hydroxylation is 1. The molecule has 0 aliphatic rings. The molecule has 2 rings (SSSR count). The van der Waals surface area contributed by atoms with E-state index in [1.165, 1.54) is 0 Å². The van der Waals surface area contributed by atoms with Crippen molar-refractivity contribution in [1.29, 1.82) is 0 Å². The number of hydrogen-bond donors (Lipinski definition) is 1. The summed E-state index contributed by atoms with van der Waals surface area (Å²) in [6.07, 6.45) is 1.10. The van der Waals surface area contributed by atoms with Gasteiger partial charge in [0.2, 0.25) is 0 Å². The van der Waals surface area contributed by atoms with E-state index >= 15 is 0 Å². The van der Waals surface area contributed by atoms with Gasteiger partial charge in [0.15, 0.2) is 0 Å². The maximum absolute atomic E-state index is 11.6. The number of hydrogen-bond acceptors (Lipinski definition) is 3. The van der Waals surface area contributed by atoms with Crippen molar-refractivity contribution in [2.45, 2.75) is 33.3 Å². The number of para-hydroxylation sites is 1. The Hall–Kier alpha value is -2.30. The first kappa shape index (κ1) is 15.1. The fourth-order valence-electron chi connectivity index (χ4n) is 2.16. The Kier molecular flexibility index (Phi) is 4.02. The highest BCUT2D eigenvalue weighted by Gasteiger charge is 2.15. The molecule has 0 aliphatic heterocycles. The SMILES string of the molecule is Cc1c(/C=N\NC(=O)OC(C)(C)C)c2ccccc2n1C. The third kappa shape index (κ3) is 3.42. The average Bonchev–Trinajstić information content (AvgIpc) is 2.62. The fraction of sp³-hybridized carbons (Fsp3) is 0.375. The van der Waals surface area contributed by atoms with Gasteiger partial charge in [-0.2, -0.15) is 5.10 Å². The first-order valence-electron chi connectivity index (χ1n) is 6.85. The van der Waals surface area contributed by atoms with Gasteiger partial charge >= 0.3 is 6.09 Å². The Labute approximate surface area is 124 Å². The van der Waals surface area contributed by atoms with Crippen molar-refractivity contribution < 1.29 is 9.53 Å². The number of carbonyl (C=O) groups is 1. The topological polar surface area (TPSA) is 55.6 Å². The normalized spacial score (nSPS) is 12.0. The Morgan fingerprint density at radius 3 is 2.67 bits per heavy atom. The molecule has 0 bridgehead atoms. The summed E-state index contributed by atoms with van der Waals surface area (Å²) in [5.41, 5.74) is 5.07. The molecule has 0 spiro atoms. The maximum atomic E-state index is 11.6. The van der Waals surface area contributed by atoms with Crippen molar-refractivity contribution in [2.24, 2.45) is 12.1 Å². The van der Waals surface area contributed by atoms with Crippen molar-refractivity contribution in [3.8, 4) is 0 Å². The van der Waals surface area contributed by atoms with E-state index in [4.69, 9.17) is 4.74 Å². The average molecular weight is 287 g/mol. The van der Waals surface area contributed by atoms with Crippen molar-refractivity contribution in [3.63, 3.8) is 0 Å². The Morgan fingerprint density at radius 1 is 1.33 bits per heavy atom. The van der Waals surface area contributed by atoms with Gasteiger partial charge in [0.1, 0.15) is 5.60 Å². The number of hydrazone groups is 1. The van der Waals surface area contributed by atoms with Crippen LogP contribution in [0.15, 0.2) is 29.4 Å². The van der Waals surface area contributed by atoms with Gasteiger partial charge in [0.05, 0.1) is 6.21 Å². The number of amides is 1. The number of carbonyl (C=O) groups excluding carboxylic acids is 1. The number of nitrogens with one attached hydrogen (secondary N) is 1. The maximum Gasteiger partial charge on any atom is 0.428 e. The molecule has 0 radical (unpaired) electrons. The molecule has 0 aliphatic carbocycles. The second kappa shape index (κ2) is 5.60. The lowest BCUT2D eigenvalue weighted by Gasteiger charge is -2.18. The summed E-state index contributed by atoms with van der Waals surface area (Å²) < 4.78 is 7.23. The van der Waals surface area contributed by atoms with Crippen LogP contribution >= 0.6 is 0 Å². The Balaban J connectivity index is 2.19. The number of benzene rings is 1. The summed E-state index contributed by atoms with van der Waals surface area (Å²) in [6, 6.07) is 8.08. The van der Waals surface area contributed by atoms with Gasteiger partial charge in [0, 0.05) is 29.2 Å². The van der Waals surface area contributed by atoms with Crippen LogP contribution in [-0.4, -0.2) is 22.5 Å². The van der Waals surface area contributed by atoms with Gasteiger partial charge in [-0.15, -0.1) is 0 Å². The largest absolute Gasteiger partial charge is 0.443 e. The van der Waals surface area contributed by atoms with Crippen molar-refractivity contribution in [3.05, 3.63) is 35.5 Å². The molecule has 21 heavy (non-hydrogen) atoms. The molecule has 0 atom stereocenters. The monoisotopic (exact) mass is 287 g/mol. The zero-order chi connectivity index (χ0) is 15.6. The highest BCUT2D eigenvalue weighted by Crippen LogP contribution is 2.22. The van der Waals surface area contributed by atoms with E-state index in [0.29, 0.717) is 0 Å². The summed E-state index contributed by atoms with van der Waals surface area (Å²) in [7, 11) is 2.01. The first-order valence-corrected chi connectivity index (χ1v) is 6.85. The van der Waals surface area contributed by atoms with Crippen LogP contribution in [0, 0.1) is 6.92 Å². The standard InChI is InChI=1S/C16H21N3O2/c1-11-13(10-17-18-15(20)21-16(2,3)4)12-8-6-7-9-14(12)19(11)5/h6-10H,1-5H3,(H,18,20)/b17-10-. The van der Waals surface area contributed by atoms with Gasteiger partial charge in [0.25, 0.3) is 0 Å². The van der Waals surface area contributed by atoms with Crippen LogP contribution in [0.4, 0.5) is 4.79 Å². The predicted octanol–water partition coefficient (Wildman–Crippen LogP) is 3.35. The van der Waals surface area contributed by atoms with E-state index in [9.17, 15) is 4.79 Å². The minimum absolute atomic E-state index is 0.533. The summed E-state index contributed by atoms with van der Waals surface area (Å²) in [4.78, 5) is 11.6. The lowest BCUT2D eigenvalue weighted by molar-refractivity contribution is 0.0529. The van der Waals surface area contributed by atoms with Gasteiger partial charge in [-0.1, -0.05) is 18.2 Å². The zero-order valence-corrected chi connectivity index (χ0v) is 13.1. The zero-order valence-electron chi connectivity index (χ0n) is 13.1. The van der Waals surface area contributed by atoms with Crippen LogP contribution in [0.5, 0.6) is 0 Å². The van der Waals surface area contributed by atoms with Gasteiger partial charge in [-0.05, 0) is 33.8 Å². The molecular weight excluding hydrogens is 266 g/mol. The van der Waals surface area contributed by atoms with Crippen LogP contribution in [0.25, 0.3) is 10.9 Å². The lowest BCUT2D eigenvalue weighted by Crippen LogP contribution is -2.29. The van der Waals surface area contributed by atoms with Crippen LogP contribution in [-0.2, 0) is 11.8 Å². The van der Waals surface area contributed by atoms with Crippen LogP contribution < -0.4 is 5.43 Å². The third-order valence-electron chi connectivity index (χ3n) is 3.20. The van der Waals surface area contributed by atoms with E-state index in [-0.39, 0.29) is 0 Å². The summed E-state index contributed by atoms with van der Waals surface area (Å²) in [6.45, 7) is 7.45. The van der Waals surface area contributed by atoms with E-state index in [2.05, 4.69) is 21.2 Å². The second-order valence-corrected chi connectivity index (χ2v) is 5.95. The van der Waals surface area contributed by atoms with Gasteiger partial charge in [-0.3, -0.25) is 0 Å². The molecule has 0 unspecified atom stereocenters. The number of ether oxygens (including phenoxy) is 1. The summed E-state index contributed by atoms with van der Waals surface area (Å²) in [5.74, 6) is 0. The Morgan fingerprint density at radius 2 is 2.00 bits per heavy atom. The van der Waals surface area contributed by atoms with E-state index < -0.39 is 11.7 Å². The highest BCUT2D eigenvalue weighted by molar-refractivity contribution is 6.01. The number of fused-ring (bicyclic) bond motifs is 1. The molecule has 1 aromatic heterocycles. The van der Waals surface area contributed by atoms with Crippen LogP contribution in [0.3, 0.4) is 0 Å². The molecular formula is C16H21N3O2. The van der Waals surface area contributed by atoms with Crippen molar-refractivity contribution >= 4 is 23.2 Å². The number of aromatic nitrogens is 1. The number of nitrogens with zero attached hydrogens (tertiary/aromatic N) is 2. The minimum atomic E-state index is -0.559. The lowest BCUT2D eigenvalue weighted by atomic mass is 10.1. The van der Waals surface area contributed by atoms with E-state index in [1.807, 2.05) is 52.9 Å². The molecule has 0 saturated carbocycles. The molecule has 1 heterocycles. The van der Waals surface area contributed by atoms with E-state index in [1.54, 1.807) is 6.21 Å². The van der Waals surface area contributed by atoms with Crippen molar-refractivity contribution in [2.75, 3.05) is 0 Å².